The summed E-state index contributed by atoms with van der Waals surface area (Å²) in [6.45, 7) is 1.15. The second-order valence-corrected chi connectivity index (χ2v) is 4.20. The van der Waals surface area contributed by atoms with Crippen LogP contribution < -0.4 is 0 Å². The van der Waals surface area contributed by atoms with Crippen molar-refractivity contribution in [3.05, 3.63) is 33.8 Å². The van der Waals surface area contributed by atoms with Crippen molar-refractivity contribution in [1.82, 2.24) is 0 Å². The zero-order valence-electron chi connectivity index (χ0n) is 9.29. The number of carbonyl (C=O) groups excluding carboxylic acids is 1. The Kier molecular flexibility index (Phi) is 4.90. The first-order valence-corrected chi connectivity index (χ1v) is 5.75. The maximum absolute atomic E-state index is 13.6. The summed E-state index contributed by atoms with van der Waals surface area (Å²) in [5, 5.41) is 9.28. The van der Waals surface area contributed by atoms with Crippen LogP contribution >= 0.6 is 23.2 Å². The van der Waals surface area contributed by atoms with E-state index in [4.69, 9.17) is 23.2 Å². The largest absolute Gasteiger partial charge is 0.461 e. The maximum Gasteiger partial charge on any atom is 0.380 e. The van der Waals surface area contributed by atoms with Crippen LogP contribution in [-0.4, -0.2) is 23.6 Å². The summed E-state index contributed by atoms with van der Waals surface area (Å²) < 4.78 is 31.4. The van der Waals surface area contributed by atoms with Crippen LogP contribution in [0.5, 0.6) is 0 Å². The molecule has 0 spiro atoms. The highest BCUT2D eigenvalue weighted by Crippen LogP contribution is 2.39. The summed E-state index contributed by atoms with van der Waals surface area (Å²) in [5.41, 5.74) is -0.404. The van der Waals surface area contributed by atoms with Crippen LogP contribution in [0.4, 0.5) is 8.78 Å². The van der Waals surface area contributed by atoms with Gasteiger partial charge in [-0.05, 0) is 19.1 Å². The molecule has 0 heterocycles. The fourth-order valence-electron chi connectivity index (χ4n) is 1.29. The van der Waals surface area contributed by atoms with E-state index in [0.29, 0.717) is 0 Å². The normalized spacial score (nSPS) is 13.2. The molecule has 3 nitrogen and oxygen atoms in total. The number of hydrogen-bond donors (Lipinski definition) is 1. The van der Waals surface area contributed by atoms with Gasteiger partial charge in [0, 0.05) is 15.6 Å². The molecular formula is C11H10Cl2F2O3. The predicted octanol–water partition coefficient (Wildman–Crippen LogP) is 3.23. The lowest BCUT2D eigenvalue weighted by atomic mass is 10.0. The van der Waals surface area contributed by atoms with Crippen LogP contribution in [0, 0.1) is 0 Å². The van der Waals surface area contributed by atoms with Crippen LogP contribution in [0.15, 0.2) is 18.2 Å². The van der Waals surface area contributed by atoms with Crippen molar-refractivity contribution >= 4 is 29.2 Å². The number of esters is 1. The molecule has 0 aliphatic carbocycles. The van der Waals surface area contributed by atoms with Crippen LogP contribution in [0.1, 0.15) is 18.6 Å². The average molecular weight is 299 g/mol. The Morgan fingerprint density at radius 2 is 1.94 bits per heavy atom. The van der Waals surface area contributed by atoms with Gasteiger partial charge in [0.15, 0.2) is 6.10 Å². The van der Waals surface area contributed by atoms with E-state index >= 15 is 0 Å². The van der Waals surface area contributed by atoms with Crippen LogP contribution in [0.3, 0.4) is 0 Å². The van der Waals surface area contributed by atoms with E-state index in [-0.39, 0.29) is 16.7 Å². The van der Waals surface area contributed by atoms with Crippen molar-refractivity contribution in [3.63, 3.8) is 0 Å². The molecule has 1 atom stereocenters. The number of benzene rings is 1. The molecular weight excluding hydrogens is 289 g/mol. The number of hydrogen-bond acceptors (Lipinski definition) is 3. The number of alkyl halides is 2. The van der Waals surface area contributed by atoms with Crippen molar-refractivity contribution in [2.75, 3.05) is 6.61 Å². The highest BCUT2D eigenvalue weighted by atomic mass is 35.5. The third kappa shape index (κ3) is 2.91. The maximum atomic E-state index is 13.6. The molecule has 0 aromatic heterocycles. The van der Waals surface area contributed by atoms with Gasteiger partial charge in [0.25, 0.3) is 0 Å². The molecule has 0 aliphatic heterocycles. The van der Waals surface area contributed by atoms with Gasteiger partial charge in [-0.15, -0.1) is 0 Å². The number of ether oxygens (including phenoxy) is 1. The van der Waals surface area contributed by atoms with Crippen LogP contribution in [-0.2, 0) is 9.53 Å². The Hall–Kier alpha value is -0.910. The first-order chi connectivity index (χ1) is 8.32. The lowest BCUT2D eigenvalue weighted by molar-refractivity contribution is -0.189. The summed E-state index contributed by atoms with van der Waals surface area (Å²) in [6.07, 6.45) is -2.46. The summed E-state index contributed by atoms with van der Waals surface area (Å²) in [7, 11) is 0. The van der Waals surface area contributed by atoms with E-state index < -0.39 is 23.6 Å². The monoisotopic (exact) mass is 298 g/mol. The van der Waals surface area contributed by atoms with Crippen LogP contribution in [0.25, 0.3) is 0 Å². The second-order valence-electron chi connectivity index (χ2n) is 3.38. The molecule has 18 heavy (non-hydrogen) atoms. The van der Waals surface area contributed by atoms with Gasteiger partial charge in [-0.3, -0.25) is 0 Å². The number of carbonyl (C=O) groups is 1. The van der Waals surface area contributed by atoms with Crippen LogP contribution in [0.2, 0.25) is 10.0 Å². The van der Waals surface area contributed by atoms with E-state index in [1.54, 1.807) is 0 Å². The Bertz CT molecular complexity index is 432. The molecule has 0 saturated heterocycles. The molecule has 1 aromatic carbocycles. The third-order valence-electron chi connectivity index (χ3n) is 2.16. The average Bonchev–Trinajstić information content (AvgIpc) is 2.28. The van der Waals surface area contributed by atoms with Crippen molar-refractivity contribution in [2.24, 2.45) is 0 Å². The van der Waals surface area contributed by atoms with E-state index in [1.807, 2.05) is 0 Å². The Labute approximate surface area is 112 Å². The summed E-state index contributed by atoms with van der Waals surface area (Å²) in [5.74, 6) is -5.95. The van der Waals surface area contributed by atoms with Gasteiger partial charge < -0.3 is 9.84 Å². The minimum Gasteiger partial charge on any atom is -0.461 e. The third-order valence-corrected chi connectivity index (χ3v) is 2.82. The highest BCUT2D eigenvalue weighted by molar-refractivity contribution is 6.36. The second kappa shape index (κ2) is 5.82. The number of rotatable bonds is 4. The number of aliphatic hydroxyl groups is 1. The smallest absolute Gasteiger partial charge is 0.380 e. The van der Waals surface area contributed by atoms with Gasteiger partial charge in [0.05, 0.1) is 6.61 Å². The van der Waals surface area contributed by atoms with Gasteiger partial charge in [0.2, 0.25) is 0 Å². The lowest BCUT2D eigenvalue weighted by Gasteiger charge is -2.22. The number of aliphatic hydroxyl groups excluding tert-OH is 1. The standard InChI is InChI=1S/C11H10Cl2F2O3/c1-2-18-10(17)11(14,15)9(16)8-6(12)4-3-5-7(8)13/h3-5,9,16H,2H2,1H3. The van der Waals surface area contributed by atoms with Gasteiger partial charge in [-0.1, -0.05) is 29.3 Å². The molecule has 0 amide bonds. The first kappa shape index (κ1) is 15.1. The summed E-state index contributed by atoms with van der Waals surface area (Å²) in [6, 6.07) is 4.00. The van der Waals surface area contributed by atoms with E-state index in [1.165, 1.54) is 25.1 Å². The molecule has 1 unspecified atom stereocenters. The SMILES string of the molecule is CCOC(=O)C(F)(F)C(O)c1c(Cl)cccc1Cl. The fraction of sp³-hybridized carbons (Fsp3) is 0.364. The molecule has 1 aromatic rings. The van der Waals surface area contributed by atoms with E-state index in [9.17, 15) is 18.7 Å². The summed E-state index contributed by atoms with van der Waals surface area (Å²) >= 11 is 11.4. The Balaban J connectivity index is 3.13. The zero-order chi connectivity index (χ0) is 13.9. The van der Waals surface area contributed by atoms with Crippen molar-refractivity contribution in [1.29, 1.82) is 0 Å². The van der Waals surface area contributed by atoms with Gasteiger partial charge in [-0.25, -0.2) is 4.79 Å². The van der Waals surface area contributed by atoms with Crippen molar-refractivity contribution in [2.45, 2.75) is 19.0 Å². The molecule has 0 radical (unpaired) electrons. The zero-order valence-corrected chi connectivity index (χ0v) is 10.8. The molecule has 1 N–H and O–H groups in total. The molecule has 0 saturated carbocycles. The Morgan fingerprint density at radius 3 is 2.39 bits per heavy atom. The minimum atomic E-state index is -4.12. The topological polar surface area (TPSA) is 46.5 Å². The molecule has 100 valence electrons. The quantitative estimate of drug-likeness (QED) is 0.868. The molecule has 7 heteroatoms. The van der Waals surface area contributed by atoms with Crippen molar-refractivity contribution in [3.8, 4) is 0 Å². The molecule has 0 bridgehead atoms. The Morgan fingerprint density at radius 1 is 1.44 bits per heavy atom. The highest BCUT2D eigenvalue weighted by Gasteiger charge is 2.50. The first-order valence-electron chi connectivity index (χ1n) is 4.99. The van der Waals surface area contributed by atoms with Gasteiger partial charge >= 0.3 is 11.9 Å². The van der Waals surface area contributed by atoms with E-state index in [0.717, 1.165) is 0 Å². The lowest BCUT2D eigenvalue weighted by Crippen LogP contribution is -2.37. The van der Waals surface area contributed by atoms with Crippen molar-refractivity contribution < 1.29 is 23.4 Å². The minimum absolute atomic E-state index is 0.154. The molecule has 0 aliphatic rings. The molecule has 1 rings (SSSR count). The fourth-order valence-corrected chi connectivity index (χ4v) is 1.90. The van der Waals surface area contributed by atoms with Gasteiger partial charge in [-0.2, -0.15) is 8.78 Å². The summed E-state index contributed by atoms with van der Waals surface area (Å²) in [4.78, 5) is 11.1. The predicted molar refractivity (Wildman–Crippen MR) is 63.0 cm³/mol. The van der Waals surface area contributed by atoms with E-state index in [2.05, 4.69) is 4.74 Å². The van der Waals surface area contributed by atoms with Gasteiger partial charge in [0.1, 0.15) is 0 Å². The molecule has 0 fully saturated rings. The number of halogens is 4.